The zero-order valence-electron chi connectivity index (χ0n) is 18.5. The highest BCUT2D eigenvalue weighted by Crippen LogP contribution is 2.38. The van der Waals surface area contributed by atoms with E-state index >= 15 is 0 Å². The Morgan fingerprint density at radius 1 is 1.19 bits per heavy atom. The summed E-state index contributed by atoms with van der Waals surface area (Å²) in [4.78, 5) is 28.4. The second-order valence-corrected chi connectivity index (χ2v) is 8.52. The lowest BCUT2D eigenvalue weighted by atomic mass is 9.87. The molecule has 4 heterocycles. The Balaban J connectivity index is 0.00000272. The smallest absolute Gasteiger partial charge is 0.224 e. The van der Waals surface area contributed by atoms with Crippen molar-refractivity contribution < 1.29 is 9.53 Å². The van der Waals surface area contributed by atoms with E-state index in [1.807, 2.05) is 29.3 Å². The standard InChI is InChI=1S/C22H34N6O2.HI/c1-2-23-21(28-11-7-22(17-28)8-16-30-18-22)25-10-6-20(29)27-14-12-26(13-15-27)19-5-3-4-9-24-19;/h3-5,9H,2,6-8,10-18H2,1H3,(H,23,25);1H. The molecular formula is C22H35IN6O2. The van der Waals surface area contributed by atoms with Gasteiger partial charge < -0.3 is 24.8 Å². The van der Waals surface area contributed by atoms with Gasteiger partial charge in [0.25, 0.3) is 0 Å². The van der Waals surface area contributed by atoms with Crippen molar-refractivity contribution in [1.29, 1.82) is 0 Å². The number of piperazine rings is 1. The number of amides is 1. The molecule has 31 heavy (non-hydrogen) atoms. The van der Waals surface area contributed by atoms with E-state index in [9.17, 15) is 4.79 Å². The van der Waals surface area contributed by atoms with Gasteiger partial charge in [-0.1, -0.05) is 6.07 Å². The van der Waals surface area contributed by atoms with Crippen LogP contribution in [-0.2, 0) is 9.53 Å². The Hall–Kier alpha value is -1.62. The molecule has 172 valence electrons. The fraction of sp³-hybridized carbons (Fsp3) is 0.682. The number of hydrogen-bond acceptors (Lipinski definition) is 5. The second-order valence-electron chi connectivity index (χ2n) is 8.52. The Morgan fingerprint density at radius 3 is 2.71 bits per heavy atom. The van der Waals surface area contributed by atoms with E-state index in [0.717, 1.165) is 83.6 Å². The summed E-state index contributed by atoms with van der Waals surface area (Å²) in [5.74, 6) is 2.12. The molecule has 1 spiro atoms. The van der Waals surface area contributed by atoms with Crippen molar-refractivity contribution in [2.45, 2.75) is 26.2 Å². The van der Waals surface area contributed by atoms with E-state index < -0.39 is 0 Å². The zero-order chi connectivity index (χ0) is 20.8. The Morgan fingerprint density at radius 2 is 2.03 bits per heavy atom. The molecule has 1 aromatic heterocycles. The number of anilines is 1. The lowest BCUT2D eigenvalue weighted by molar-refractivity contribution is -0.131. The maximum Gasteiger partial charge on any atom is 0.224 e. The minimum atomic E-state index is 0. The van der Waals surface area contributed by atoms with Crippen LogP contribution in [0.25, 0.3) is 0 Å². The topological polar surface area (TPSA) is 73.3 Å². The number of guanidine groups is 1. The van der Waals surface area contributed by atoms with Gasteiger partial charge in [0.2, 0.25) is 5.91 Å². The number of pyridine rings is 1. The Bertz CT molecular complexity index is 733. The summed E-state index contributed by atoms with van der Waals surface area (Å²) in [6.07, 6.45) is 4.58. The number of rotatable bonds is 5. The van der Waals surface area contributed by atoms with Gasteiger partial charge in [0.1, 0.15) is 5.82 Å². The number of likely N-dealkylation sites (tertiary alicyclic amines) is 1. The minimum Gasteiger partial charge on any atom is -0.381 e. The maximum absolute atomic E-state index is 12.7. The molecule has 0 bridgehead atoms. The number of nitrogens with zero attached hydrogens (tertiary/aromatic N) is 5. The monoisotopic (exact) mass is 542 g/mol. The predicted octanol–water partition coefficient (Wildman–Crippen LogP) is 1.82. The van der Waals surface area contributed by atoms with Crippen molar-refractivity contribution in [2.24, 2.45) is 10.4 Å². The van der Waals surface area contributed by atoms with Crippen LogP contribution in [0.1, 0.15) is 26.2 Å². The van der Waals surface area contributed by atoms with Crippen LogP contribution >= 0.6 is 24.0 Å². The number of carbonyl (C=O) groups is 1. The first-order chi connectivity index (χ1) is 14.7. The molecule has 3 saturated heterocycles. The molecule has 1 amide bonds. The summed E-state index contributed by atoms with van der Waals surface area (Å²) in [5, 5.41) is 3.40. The highest BCUT2D eigenvalue weighted by atomic mass is 127. The van der Waals surface area contributed by atoms with Crippen molar-refractivity contribution in [3.8, 4) is 0 Å². The third-order valence-corrected chi connectivity index (χ3v) is 6.45. The van der Waals surface area contributed by atoms with Gasteiger partial charge in [0.15, 0.2) is 5.96 Å². The van der Waals surface area contributed by atoms with E-state index in [4.69, 9.17) is 9.73 Å². The molecular weight excluding hydrogens is 507 g/mol. The van der Waals surface area contributed by atoms with E-state index in [0.29, 0.717) is 18.4 Å². The number of hydrogen-bond donors (Lipinski definition) is 1. The summed E-state index contributed by atoms with van der Waals surface area (Å²) in [7, 11) is 0. The SMILES string of the molecule is CCNC(=NCCC(=O)N1CCN(c2ccccn2)CC1)N1CCC2(CCOC2)C1.I. The molecule has 3 aliphatic rings. The summed E-state index contributed by atoms with van der Waals surface area (Å²) in [5.41, 5.74) is 0.305. The van der Waals surface area contributed by atoms with Crippen LogP contribution in [0, 0.1) is 5.41 Å². The third kappa shape index (κ3) is 6.00. The van der Waals surface area contributed by atoms with Crippen molar-refractivity contribution in [2.75, 3.05) is 70.5 Å². The van der Waals surface area contributed by atoms with Crippen LogP contribution < -0.4 is 10.2 Å². The van der Waals surface area contributed by atoms with Gasteiger partial charge >= 0.3 is 0 Å². The second kappa shape index (κ2) is 11.3. The molecule has 0 radical (unpaired) electrons. The van der Waals surface area contributed by atoms with Crippen LogP contribution in [0.15, 0.2) is 29.4 Å². The number of ether oxygens (including phenoxy) is 1. The van der Waals surface area contributed by atoms with Gasteiger partial charge in [-0.05, 0) is 31.9 Å². The average molecular weight is 542 g/mol. The quantitative estimate of drug-likeness (QED) is 0.348. The van der Waals surface area contributed by atoms with E-state index in [2.05, 4.69) is 27.0 Å². The maximum atomic E-state index is 12.7. The molecule has 1 N–H and O–H groups in total. The van der Waals surface area contributed by atoms with Gasteiger partial charge in [-0.3, -0.25) is 9.79 Å². The summed E-state index contributed by atoms with van der Waals surface area (Å²) in [6.45, 7) is 10.4. The molecule has 1 aromatic rings. The lowest BCUT2D eigenvalue weighted by Gasteiger charge is -2.35. The van der Waals surface area contributed by atoms with E-state index in [1.54, 1.807) is 0 Å². The average Bonchev–Trinajstić information content (AvgIpc) is 3.43. The predicted molar refractivity (Wildman–Crippen MR) is 133 cm³/mol. The van der Waals surface area contributed by atoms with Gasteiger partial charge in [-0.25, -0.2) is 4.98 Å². The number of carbonyl (C=O) groups excluding carboxylic acids is 1. The zero-order valence-corrected chi connectivity index (χ0v) is 20.8. The van der Waals surface area contributed by atoms with Crippen molar-refractivity contribution in [3.63, 3.8) is 0 Å². The molecule has 8 nitrogen and oxygen atoms in total. The molecule has 3 fully saturated rings. The molecule has 0 saturated carbocycles. The molecule has 9 heteroatoms. The summed E-state index contributed by atoms with van der Waals surface area (Å²) in [6, 6.07) is 5.95. The normalized spacial score (nSPS) is 23.9. The minimum absolute atomic E-state index is 0. The number of aromatic nitrogens is 1. The van der Waals surface area contributed by atoms with Crippen LogP contribution in [0.4, 0.5) is 5.82 Å². The fourth-order valence-electron chi connectivity index (χ4n) is 4.65. The Kier molecular flexibility index (Phi) is 8.76. The molecule has 4 rings (SSSR count). The number of halogens is 1. The largest absolute Gasteiger partial charge is 0.381 e. The third-order valence-electron chi connectivity index (χ3n) is 6.45. The highest BCUT2D eigenvalue weighted by Gasteiger charge is 2.42. The Labute approximate surface area is 202 Å². The molecule has 3 aliphatic heterocycles. The summed E-state index contributed by atoms with van der Waals surface area (Å²) < 4.78 is 5.64. The molecule has 1 atom stereocenters. The first-order valence-electron chi connectivity index (χ1n) is 11.2. The van der Waals surface area contributed by atoms with E-state index in [1.165, 1.54) is 0 Å². The van der Waals surface area contributed by atoms with E-state index in [-0.39, 0.29) is 29.9 Å². The fourth-order valence-corrected chi connectivity index (χ4v) is 4.65. The van der Waals surface area contributed by atoms with Crippen LogP contribution in [0.3, 0.4) is 0 Å². The highest BCUT2D eigenvalue weighted by molar-refractivity contribution is 14.0. The van der Waals surface area contributed by atoms with Gasteiger partial charge in [0.05, 0.1) is 13.2 Å². The van der Waals surface area contributed by atoms with Gasteiger partial charge in [-0.2, -0.15) is 0 Å². The van der Waals surface area contributed by atoms with Gasteiger partial charge in [0, 0.05) is 70.5 Å². The number of aliphatic imine (C=N–C) groups is 1. The molecule has 0 aliphatic carbocycles. The van der Waals surface area contributed by atoms with Crippen LogP contribution in [-0.4, -0.2) is 92.2 Å². The van der Waals surface area contributed by atoms with Crippen LogP contribution in [0.2, 0.25) is 0 Å². The first-order valence-corrected chi connectivity index (χ1v) is 11.2. The number of nitrogens with one attached hydrogen (secondary N) is 1. The lowest BCUT2D eigenvalue weighted by Crippen LogP contribution is -2.49. The molecule has 1 unspecified atom stereocenters. The molecule has 0 aromatic carbocycles. The summed E-state index contributed by atoms with van der Waals surface area (Å²) >= 11 is 0. The van der Waals surface area contributed by atoms with Crippen molar-refractivity contribution in [3.05, 3.63) is 24.4 Å². The first kappa shape index (κ1) is 24.0. The van der Waals surface area contributed by atoms with Gasteiger partial charge in [-0.15, -0.1) is 24.0 Å². The van der Waals surface area contributed by atoms with Crippen molar-refractivity contribution in [1.82, 2.24) is 20.1 Å². The van der Waals surface area contributed by atoms with Crippen molar-refractivity contribution >= 4 is 41.7 Å². The van der Waals surface area contributed by atoms with Crippen LogP contribution in [0.5, 0.6) is 0 Å².